The number of hydrogen-bond acceptors (Lipinski definition) is 3. The summed E-state index contributed by atoms with van der Waals surface area (Å²) in [6.07, 6.45) is 2.74. The van der Waals surface area contributed by atoms with Gasteiger partial charge < -0.3 is 19.3 Å². The van der Waals surface area contributed by atoms with Gasteiger partial charge in [0, 0.05) is 34.2 Å². The van der Waals surface area contributed by atoms with E-state index in [9.17, 15) is 9.59 Å². The summed E-state index contributed by atoms with van der Waals surface area (Å²) in [6.45, 7) is 2.29. The van der Waals surface area contributed by atoms with Gasteiger partial charge in [0.15, 0.2) is 6.61 Å². The van der Waals surface area contributed by atoms with Gasteiger partial charge in [0.05, 0.1) is 6.04 Å². The Bertz CT molecular complexity index is 1430. The van der Waals surface area contributed by atoms with Crippen LogP contribution in [0.25, 0.3) is 10.9 Å². The highest BCUT2D eigenvalue weighted by Gasteiger charge is 2.34. The monoisotopic (exact) mass is 488 g/mol. The number of carbonyl (C=O) groups excluding carboxylic acids is 1. The first kappa shape index (κ1) is 23.0. The number of halogens is 1. The molecule has 1 aromatic heterocycles. The number of aromatic nitrogens is 1. The maximum absolute atomic E-state index is 13.8. The standard InChI is InChI=1S/C28H25ClN2O4/c1-18-15-30(24-9-5-4-7-21(18)24)16-26(32)31-13-12-19-6-2-3-8-22(19)28(31)23-14-20(29)10-11-25(23)35-17-27(33)34/h2-11,14-15,28H,12-13,16-17H2,1H3,(H,33,34). The van der Waals surface area contributed by atoms with Crippen LogP contribution in [0.5, 0.6) is 5.75 Å². The summed E-state index contributed by atoms with van der Waals surface area (Å²) in [5.74, 6) is -0.703. The summed E-state index contributed by atoms with van der Waals surface area (Å²) in [5.41, 5.74) is 4.94. The summed E-state index contributed by atoms with van der Waals surface area (Å²) < 4.78 is 7.62. The van der Waals surface area contributed by atoms with E-state index in [1.165, 1.54) is 0 Å². The summed E-state index contributed by atoms with van der Waals surface area (Å²) >= 11 is 6.37. The van der Waals surface area contributed by atoms with E-state index in [0.717, 1.165) is 34.0 Å². The van der Waals surface area contributed by atoms with Crippen molar-refractivity contribution in [3.05, 3.63) is 100 Å². The van der Waals surface area contributed by atoms with Crippen LogP contribution in [0.2, 0.25) is 5.02 Å². The van der Waals surface area contributed by atoms with E-state index in [1.54, 1.807) is 18.2 Å². The predicted molar refractivity (Wildman–Crippen MR) is 135 cm³/mol. The zero-order valence-corrected chi connectivity index (χ0v) is 20.0. The van der Waals surface area contributed by atoms with Gasteiger partial charge in [-0.05, 0) is 54.3 Å². The number of carboxylic acids is 1. The number of amides is 1. The van der Waals surface area contributed by atoms with Crippen molar-refractivity contribution in [2.75, 3.05) is 13.2 Å². The van der Waals surface area contributed by atoms with Crippen LogP contribution >= 0.6 is 11.6 Å². The van der Waals surface area contributed by atoms with Crippen molar-refractivity contribution in [1.82, 2.24) is 9.47 Å². The van der Waals surface area contributed by atoms with Crippen molar-refractivity contribution < 1.29 is 19.4 Å². The lowest BCUT2D eigenvalue weighted by Crippen LogP contribution is -2.42. The number of benzene rings is 3. The van der Waals surface area contributed by atoms with Gasteiger partial charge in [-0.3, -0.25) is 4.79 Å². The number of aliphatic carboxylic acids is 1. The summed E-state index contributed by atoms with van der Waals surface area (Å²) in [6, 6.07) is 20.7. The zero-order chi connectivity index (χ0) is 24.5. The molecule has 1 aliphatic rings. The van der Waals surface area contributed by atoms with E-state index in [4.69, 9.17) is 21.4 Å². The number of para-hydroxylation sites is 1. The third-order valence-corrected chi connectivity index (χ3v) is 6.75. The van der Waals surface area contributed by atoms with Crippen LogP contribution in [0.3, 0.4) is 0 Å². The molecule has 2 heterocycles. The molecule has 0 radical (unpaired) electrons. The van der Waals surface area contributed by atoms with Gasteiger partial charge in [0.25, 0.3) is 0 Å². The molecule has 4 aromatic rings. The molecule has 0 aliphatic carbocycles. The van der Waals surface area contributed by atoms with Crippen molar-refractivity contribution in [2.24, 2.45) is 0 Å². The quantitative estimate of drug-likeness (QED) is 0.403. The van der Waals surface area contributed by atoms with E-state index in [2.05, 4.69) is 12.1 Å². The number of aryl methyl sites for hydroxylation is 1. The molecule has 1 aliphatic heterocycles. The summed E-state index contributed by atoms with van der Waals surface area (Å²) in [4.78, 5) is 26.9. The number of rotatable bonds is 6. The molecule has 1 amide bonds. The minimum absolute atomic E-state index is 0.0329. The normalized spacial score (nSPS) is 15.1. The molecule has 3 aromatic carbocycles. The predicted octanol–water partition coefficient (Wildman–Crippen LogP) is 5.24. The molecular formula is C28H25ClN2O4. The highest BCUT2D eigenvalue weighted by Crippen LogP contribution is 2.40. The number of nitrogens with zero attached hydrogens (tertiary/aromatic N) is 2. The Morgan fingerprint density at radius 2 is 1.83 bits per heavy atom. The molecule has 0 bridgehead atoms. The first-order valence-electron chi connectivity index (χ1n) is 11.5. The second-order valence-corrected chi connectivity index (χ2v) is 9.20. The molecular weight excluding hydrogens is 464 g/mol. The number of carboxylic acid groups (broad SMARTS) is 1. The molecule has 0 spiro atoms. The van der Waals surface area contributed by atoms with Gasteiger partial charge in [-0.15, -0.1) is 0 Å². The average Bonchev–Trinajstić information content (AvgIpc) is 3.17. The van der Waals surface area contributed by atoms with Crippen LogP contribution in [-0.2, 0) is 22.6 Å². The Labute approximate surface area is 208 Å². The van der Waals surface area contributed by atoms with Gasteiger partial charge in [0.1, 0.15) is 12.3 Å². The smallest absolute Gasteiger partial charge is 0.341 e. The van der Waals surface area contributed by atoms with E-state index in [-0.39, 0.29) is 12.5 Å². The Morgan fingerprint density at radius 3 is 2.66 bits per heavy atom. The molecule has 5 rings (SSSR count). The molecule has 1 atom stereocenters. The fraction of sp³-hybridized carbons (Fsp3) is 0.214. The zero-order valence-electron chi connectivity index (χ0n) is 19.3. The first-order chi connectivity index (χ1) is 16.9. The molecule has 0 saturated heterocycles. The minimum atomic E-state index is -1.07. The van der Waals surface area contributed by atoms with Crippen molar-refractivity contribution >= 4 is 34.4 Å². The topological polar surface area (TPSA) is 71.8 Å². The van der Waals surface area contributed by atoms with Crippen LogP contribution in [0.15, 0.2) is 72.9 Å². The third-order valence-electron chi connectivity index (χ3n) is 6.51. The van der Waals surface area contributed by atoms with E-state index in [1.807, 2.05) is 59.0 Å². The van der Waals surface area contributed by atoms with E-state index >= 15 is 0 Å². The molecule has 35 heavy (non-hydrogen) atoms. The maximum Gasteiger partial charge on any atom is 0.341 e. The lowest BCUT2D eigenvalue weighted by molar-refractivity contribution is -0.139. The van der Waals surface area contributed by atoms with Crippen LogP contribution in [0, 0.1) is 6.92 Å². The number of carbonyl (C=O) groups is 2. The lowest BCUT2D eigenvalue weighted by atomic mass is 9.87. The molecule has 0 fully saturated rings. The van der Waals surface area contributed by atoms with Crippen LogP contribution in [0.1, 0.15) is 28.3 Å². The van der Waals surface area contributed by atoms with Gasteiger partial charge >= 0.3 is 5.97 Å². The van der Waals surface area contributed by atoms with Gasteiger partial charge in [-0.25, -0.2) is 4.79 Å². The molecule has 178 valence electrons. The van der Waals surface area contributed by atoms with E-state index in [0.29, 0.717) is 22.9 Å². The Balaban J connectivity index is 1.56. The highest BCUT2D eigenvalue weighted by molar-refractivity contribution is 6.30. The molecule has 1 N–H and O–H groups in total. The van der Waals surface area contributed by atoms with Crippen LogP contribution in [0.4, 0.5) is 0 Å². The molecule has 7 heteroatoms. The first-order valence-corrected chi connectivity index (χ1v) is 11.9. The van der Waals surface area contributed by atoms with Gasteiger partial charge in [-0.2, -0.15) is 0 Å². The van der Waals surface area contributed by atoms with Crippen LogP contribution < -0.4 is 4.74 Å². The second-order valence-electron chi connectivity index (χ2n) is 8.76. The van der Waals surface area contributed by atoms with Crippen molar-refractivity contribution in [3.63, 3.8) is 0 Å². The van der Waals surface area contributed by atoms with Gasteiger partial charge in [0.2, 0.25) is 5.91 Å². The maximum atomic E-state index is 13.8. The molecule has 0 saturated carbocycles. The summed E-state index contributed by atoms with van der Waals surface area (Å²) in [5, 5.41) is 10.8. The number of hydrogen-bond donors (Lipinski definition) is 1. The fourth-order valence-electron chi connectivity index (χ4n) is 4.97. The Morgan fingerprint density at radius 1 is 1.06 bits per heavy atom. The minimum Gasteiger partial charge on any atom is -0.482 e. The Kier molecular flexibility index (Phi) is 6.22. The number of ether oxygens (including phenoxy) is 1. The van der Waals surface area contributed by atoms with Crippen molar-refractivity contribution in [3.8, 4) is 5.75 Å². The Hall–Kier alpha value is -3.77. The van der Waals surface area contributed by atoms with Crippen LogP contribution in [-0.4, -0.2) is 39.6 Å². The van der Waals surface area contributed by atoms with Gasteiger partial charge in [-0.1, -0.05) is 54.1 Å². The third kappa shape index (κ3) is 4.49. The van der Waals surface area contributed by atoms with Crippen molar-refractivity contribution in [2.45, 2.75) is 25.9 Å². The van der Waals surface area contributed by atoms with E-state index < -0.39 is 18.6 Å². The highest BCUT2D eigenvalue weighted by atomic mass is 35.5. The largest absolute Gasteiger partial charge is 0.482 e. The summed E-state index contributed by atoms with van der Waals surface area (Å²) in [7, 11) is 0. The molecule has 6 nitrogen and oxygen atoms in total. The second kappa shape index (κ2) is 9.47. The van der Waals surface area contributed by atoms with Crippen molar-refractivity contribution in [1.29, 1.82) is 0 Å². The number of fused-ring (bicyclic) bond motifs is 2. The lowest BCUT2D eigenvalue weighted by Gasteiger charge is -2.38. The average molecular weight is 489 g/mol. The fourth-order valence-corrected chi connectivity index (χ4v) is 5.15. The molecule has 1 unspecified atom stereocenters. The SMILES string of the molecule is Cc1cn(CC(=O)N2CCc3ccccc3C2c2cc(Cl)ccc2OCC(=O)O)c2ccccc12.